The van der Waals surface area contributed by atoms with E-state index in [1.807, 2.05) is 49.3 Å². The fraction of sp³-hybridized carbons (Fsp3) is 0.364. The second-order valence-electron chi connectivity index (χ2n) is 7.55. The van der Waals surface area contributed by atoms with Crippen LogP contribution in [0.25, 0.3) is 11.4 Å². The molecule has 4 heterocycles. The van der Waals surface area contributed by atoms with Gasteiger partial charge >= 0.3 is 0 Å². The molecule has 1 fully saturated rings. The maximum absolute atomic E-state index is 13.1. The first-order valence-electron chi connectivity index (χ1n) is 10.1. The van der Waals surface area contributed by atoms with Crippen LogP contribution in [0.2, 0.25) is 0 Å². The Morgan fingerprint density at radius 3 is 2.70 bits per heavy atom. The summed E-state index contributed by atoms with van der Waals surface area (Å²) in [5, 5.41) is 3.01. The molecular weight excluding hydrogens is 380 g/mol. The molecule has 30 heavy (non-hydrogen) atoms. The normalized spacial score (nSPS) is 14.8. The van der Waals surface area contributed by atoms with Crippen molar-refractivity contribution in [2.75, 3.05) is 38.6 Å². The van der Waals surface area contributed by atoms with Crippen molar-refractivity contribution in [3.63, 3.8) is 0 Å². The zero-order valence-corrected chi connectivity index (χ0v) is 17.3. The molecule has 0 bridgehead atoms. The summed E-state index contributed by atoms with van der Waals surface area (Å²) < 4.78 is 5.53. The third-order valence-electron chi connectivity index (χ3n) is 5.27. The van der Waals surface area contributed by atoms with Gasteiger partial charge in [-0.25, -0.2) is 9.97 Å². The van der Waals surface area contributed by atoms with Crippen molar-refractivity contribution in [1.29, 1.82) is 0 Å². The Bertz CT molecular complexity index is 969. The van der Waals surface area contributed by atoms with Crippen LogP contribution in [0.4, 0.5) is 5.95 Å². The molecule has 4 rings (SSSR count). The van der Waals surface area contributed by atoms with Crippen molar-refractivity contribution in [3.8, 4) is 11.4 Å². The lowest BCUT2D eigenvalue weighted by molar-refractivity contribution is 0.0939. The summed E-state index contributed by atoms with van der Waals surface area (Å²) in [6.07, 6.45) is 7.20. The van der Waals surface area contributed by atoms with E-state index in [4.69, 9.17) is 9.40 Å². The van der Waals surface area contributed by atoms with E-state index < -0.39 is 0 Å². The van der Waals surface area contributed by atoms with E-state index in [-0.39, 0.29) is 11.9 Å². The second-order valence-corrected chi connectivity index (χ2v) is 7.55. The molecule has 1 aliphatic heterocycles. The molecule has 3 aromatic rings. The summed E-state index contributed by atoms with van der Waals surface area (Å²) in [6.45, 7) is 2.26. The number of hydrogen-bond donors (Lipinski definition) is 1. The van der Waals surface area contributed by atoms with Gasteiger partial charge in [0, 0.05) is 32.0 Å². The molecule has 156 valence electrons. The predicted octanol–water partition coefficient (Wildman–Crippen LogP) is 2.76. The van der Waals surface area contributed by atoms with E-state index in [2.05, 4.69) is 20.2 Å². The third-order valence-corrected chi connectivity index (χ3v) is 5.27. The molecule has 0 radical (unpaired) electrons. The number of nitrogens with one attached hydrogen (secondary N) is 1. The summed E-state index contributed by atoms with van der Waals surface area (Å²) in [4.78, 5) is 30.8. The van der Waals surface area contributed by atoms with E-state index in [0.29, 0.717) is 29.4 Å². The zero-order chi connectivity index (χ0) is 20.9. The molecule has 3 aromatic heterocycles. The number of amides is 1. The van der Waals surface area contributed by atoms with Crippen LogP contribution in [0.3, 0.4) is 0 Å². The maximum Gasteiger partial charge on any atom is 0.255 e. The number of anilines is 1. The van der Waals surface area contributed by atoms with Gasteiger partial charge in [0.05, 0.1) is 23.6 Å². The minimum atomic E-state index is -0.234. The molecule has 8 heteroatoms. The van der Waals surface area contributed by atoms with Crippen molar-refractivity contribution in [2.24, 2.45) is 0 Å². The fourth-order valence-electron chi connectivity index (χ4n) is 3.61. The first-order valence-corrected chi connectivity index (χ1v) is 10.1. The first kappa shape index (κ1) is 20.0. The van der Waals surface area contributed by atoms with Gasteiger partial charge in [-0.3, -0.25) is 14.7 Å². The number of nitrogens with zero attached hydrogens (tertiary/aromatic N) is 5. The summed E-state index contributed by atoms with van der Waals surface area (Å²) in [5.41, 5.74) is 1.61. The molecule has 1 amide bonds. The average Bonchev–Trinajstić information content (AvgIpc) is 3.48. The lowest BCUT2D eigenvalue weighted by atomic mass is 10.1. The molecule has 0 saturated carbocycles. The third kappa shape index (κ3) is 4.33. The van der Waals surface area contributed by atoms with Gasteiger partial charge in [0.1, 0.15) is 11.5 Å². The molecule has 8 nitrogen and oxygen atoms in total. The van der Waals surface area contributed by atoms with Gasteiger partial charge in [-0.15, -0.1) is 0 Å². The molecule has 1 unspecified atom stereocenters. The number of likely N-dealkylation sites (N-methyl/N-ethyl adjacent to an activating group) is 1. The lowest BCUT2D eigenvalue weighted by Gasteiger charge is -2.23. The number of carbonyl (C=O) groups excluding carboxylic acids is 1. The van der Waals surface area contributed by atoms with Crippen molar-refractivity contribution < 1.29 is 9.21 Å². The summed E-state index contributed by atoms with van der Waals surface area (Å²) in [7, 11) is 3.90. The second kappa shape index (κ2) is 9.04. The summed E-state index contributed by atoms with van der Waals surface area (Å²) in [5.74, 6) is 1.21. The SMILES string of the molecule is CN(C)C(CNC(=O)c1cnc(N2CCCC2)nc1-c1ccccn1)c1ccco1. The fourth-order valence-corrected chi connectivity index (χ4v) is 3.61. The van der Waals surface area contributed by atoms with Gasteiger partial charge < -0.3 is 14.6 Å². The first-order chi connectivity index (χ1) is 14.6. The van der Waals surface area contributed by atoms with Gasteiger partial charge in [0.2, 0.25) is 5.95 Å². The minimum Gasteiger partial charge on any atom is -0.468 e. The van der Waals surface area contributed by atoms with Crippen molar-refractivity contribution in [3.05, 3.63) is 60.3 Å². The highest BCUT2D eigenvalue weighted by molar-refractivity contribution is 5.99. The number of hydrogen-bond acceptors (Lipinski definition) is 7. The van der Waals surface area contributed by atoms with Crippen LogP contribution in [0.15, 0.2) is 53.4 Å². The number of furan rings is 1. The van der Waals surface area contributed by atoms with E-state index in [1.54, 1.807) is 18.7 Å². The highest BCUT2D eigenvalue weighted by Crippen LogP contribution is 2.24. The van der Waals surface area contributed by atoms with Crippen LogP contribution in [0.1, 0.15) is 35.0 Å². The van der Waals surface area contributed by atoms with E-state index in [1.165, 1.54) is 0 Å². The number of aromatic nitrogens is 3. The van der Waals surface area contributed by atoms with Crippen LogP contribution in [-0.2, 0) is 0 Å². The Hall–Kier alpha value is -3.26. The smallest absolute Gasteiger partial charge is 0.255 e. The maximum atomic E-state index is 13.1. The van der Waals surface area contributed by atoms with Gasteiger partial charge in [-0.2, -0.15) is 0 Å². The van der Waals surface area contributed by atoms with Gasteiger partial charge in [-0.1, -0.05) is 6.07 Å². The molecular formula is C22H26N6O2. The summed E-state index contributed by atoms with van der Waals surface area (Å²) in [6, 6.07) is 9.27. The zero-order valence-electron chi connectivity index (χ0n) is 17.3. The van der Waals surface area contributed by atoms with Gasteiger partial charge in [0.15, 0.2) is 0 Å². The number of rotatable bonds is 7. The molecule has 1 saturated heterocycles. The Labute approximate surface area is 176 Å². The molecule has 0 spiro atoms. The number of carbonyl (C=O) groups is 1. The Balaban J connectivity index is 1.59. The molecule has 0 aromatic carbocycles. The summed E-state index contributed by atoms with van der Waals surface area (Å²) >= 11 is 0. The Kier molecular flexibility index (Phi) is 6.04. The van der Waals surface area contributed by atoms with Crippen molar-refractivity contribution in [2.45, 2.75) is 18.9 Å². The highest BCUT2D eigenvalue weighted by atomic mass is 16.3. The van der Waals surface area contributed by atoms with Crippen LogP contribution < -0.4 is 10.2 Å². The molecule has 1 N–H and O–H groups in total. The number of pyridine rings is 1. The molecule has 0 aliphatic carbocycles. The van der Waals surface area contributed by atoms with Crippen LogP contribution >= 0.6 is 0 Å². The van der Waals surface area contributed by atoms with Crippen molar-refractivity contribution in [1.82, 2.24) is 25.2 Å². The molecule has 1 aliphatic rings. The van der Waals surface area contributed by atoms with Crippen LogP contribution in [0.5, 0.6) is 0 Å². The lowest BCUT2D eigenvalue weighted by Crippen LogP contribution is -2.35. The van der Waals surface area contributed by atoms with Crippen molar-refractivity contribution >= 4 is 11.9 Å². The van der Waals surface area contributed by atoms with Crippen LogP contribution in [0, 0.1) is 0 Å². The Morgan fingerprint density at radius 2 is 2.03 bits per heavy atom. The Morgan fingerprint density at radius 1 is 1.20 bits per heavy atom. The van der Waals surface area contributed by atoms with Gasteiger partial charge in [-0.05, 0) is 51.2 Å². The van der Waals surface area contributed by atoms with Gasteiger partial charge in [0.25, 0.3) is 5.91 Å². The van der Waals surface area contributed by atoms with E-state index in [0.717, 1.165) is 31.7 Å². The predicted molar refractivity (Wildman–Crippen MR) is 114 cm³/mol. The average molecular weight is 406 g/mol. The largest absolute Gasteiger partial charge is 0.468 e. The quantitative estimate of drug-likeness (QED) is 0.645. The monoisotopic (exact) mass is 406 g/mol. The molecule has 1 atom stereocenters. The van der Waals surface area contributed by atoms with E-state index >= 15 is 0 Å². The highest BCUT2D eigenvalue weighted by Gasteiger charge is 2.23. The minimum absolute atomic E-state index is 0.0768. The topological polar surface area (TPSA) is 87.4 Å². The standard InChI is InChI=1S/C22H26N6O2/c1-27(2)18(19-9-7-13-30-19)15-24-21(29)16-14-25-22(28-11-5-6-12-28)26-20(16)17-8-3-4-10-23-17/h3-4,7-10,13-14,18H,5-6,11-12,15H2,1-2H3,(H,24,29). The van der Waals surface area contributed by atoms with Crippen LogP contribution in [-0.4, -0.2) is 59.5 Å². The van der Waals surface area contributed by atoms with E-state index in [9.17, 15) is 4.79 Å².